The van der Waals surface area contributed by atoms with Crippen molar-refractivity contribution < 1.29 is 58.1 Å². The summed E-state index contributed by atoms with van der Waals surface area (Å²) in [6, 6.07) is 0. The minimum atomic E-state index is 0. The van der Waals surface area contributed by atoms with Crippen LogP contribution in [0.5, 0.6) is 0 Å². The number of rotatable bonds is 0. The Labute approximate surface area is 175 Å². The molecule has 0 rings (SSSR count). The average molecular weight is 438 g/mol. The third-order valence-electron chi connectivity index (χ3n) is 0. The summed E-state index contributed by atoms with van der Waals surface area (Å²) in [6.45, 7) is 12.8. The van der Waals surface area contributed by atoms with Crippen LogP contribution in [0.25, 0.3) is 0 Å². The van der Waals surface area contributed by atoms with Gasteiger partial charge in [-0.25, -0.2) is 0 Å². The van der Waals surface area contributed by atoms with E-state index >= 15 is 0 Å². The van der Waals surface area contributed by atoms with Crippen LogP contribution in [0.3, 0.4) is 0 Å². The van der Waals surface area contributed by atoms with E-state index in [-0.39, 0.29) is 91.7 Å². The fourth-order valence-corrected chi connectivity index (χ4v) is 0. The summed E-state index contributed by atoms with van der Waals surface area (Å²) >= 11 is 0. The topological polar surface area (TPSA) is 147 Å². The van der Waals surface area contributed by atoms with E-state index in [0.29, 0.717) is 0 Å². The van der Waals surface area contributed by atoms with E-state index in [4.69, 9.17) is 35.7 Å². The molecule has 0 unspecified atom stereocenters. The summed E-state index contributed by atoms with van der Waals surface area (Å²) in [5.74, 6) is 0. The Balaban J connectivity index is -0.0000000140. The predicted octanol–water partition coefficient (Wildman–Crippen LogP) is -1.66. The Morgan fingerprint density at radius 3 is 0.478 bits per heavy atom. The zero-order valence-corrected chi connectivity index (χ0v) is 19.8. The van der Waals surface area contributed by atoms with Crippen LogP contribution >= 0.6 is 0 Å². The van der Waals surface area contributed by atoms with Gasteiger partial charge in [-0.15, -0.1) is 13.2 Å². The summed E-state index contributed by atoms with van der Waals surface area (Å²) in [6.07, 6.45) is 0. The maximum Gasteiger partial charge on any atom is 2.00 e. The molecule has 5 N–H and O–H groups in total. The molecule has 23 heavy (non-hydrogen) atoms. The molecule has 0 saturated carbocycles. The number of hydrogen-bond acceptors (Lipinski definition) is 7. The summed E-state index contributed by atoms with van der Waals surface area (Å²) < 4.78 is 0. The summed E-state index contributed by atoms with van der Waals surface area (Å²) in [5.41, 5.74) is 0. The molecule has 0 aliphatic heterocycles. The fourth-order valence-electron chi connectivity index (χ4n) is 0. The number of aliphatic hydroxyl groups excluding tert-OH is 5. The van der Waals surface area contributed by atoms with E-state index in [2.05, 4.69) is 0 Å². The monoisotopic (exact) mass is 437 g/mol. The van der Waals surface area contributed by atoms with Crippen molar-refractivity contribution in [3.8, 4) is 0 Å². The first-order valence-electron chi connectivity index (χ1n) is 7.11. The molecule has 0 spiro atoms. The first kappa shape index (κ1) is 56.4. The zero-order valence-electron chi connectivity index (χ0n) is 16.2. The minimum absolute atomic E-state index is 0. The maximum atomic E-state index is 8.93. The second-order valence-corrected chi connectivity index (χ2v) is 2.16. The van der Waals surface area contributed by atoms with E-state index in [0.717, 1.165) is 0 Å². The van der Waals surface area contributed by atoms with Crippen LogP contribution in [-0.2, 0) is 22.4 Å². The molecule has 0 aromatic rings. The first-order valence-corrected chi connectivity index (χ1v) is 7.11. The smallest absolute Gasteiger partial charge is 0.855 e. The molecule has 145 valence electrons. The minimum Gasteiger partial charge on any atom is -0.855 e. The molecule has 0 aromatic heterocycles. The third kappa shape index (κ3) is 6960. The quantitative estimate of drug-likeness (QED) is 0.285. The van der Waals surface area contributed by atoms with Gasteiger partial charge in [-0.2, -0.15) is 0 Å². The molecule has 0 saturated heterocycles. The summed E-state index contributed by atoms with van der Waals surface area (Å²) in [7, 11) is 0. The SMILES string of the molecule is CCO.CCO.CCO.CCO.CCO.CC[O-].CC[O-].[Mg+2].[Nb]. The molecule has 0 heterocycles. The standard InChI is InChI=1S/5C2H6O.2C2H5O.Mg.Nb/c7*1-2-3;;/h5*3H,2H2,1H3;2*2H2,1H3;;/q;;;;;2*-1;+2;. The van der Waals surface area contributed by atoms with E-state index in [1.54, 1.807) is 48.5 Å². The molecule has 0 aromatic carbocycles. The molecule has 7 nitrogen and oxygen atoms in total. The van der Waals surface area contributed by atoms with Crippen LogP contribution in [-0.4, -0.2) is 94.8 Å². The molecule has 0 aliphatic rings. The van der Waals surface area contributed by atoms with Gasteiger partial charge in [0.25, 0.3) is 0 Å². The van der Waals surface area contributed by atoms with E-state index in [1.807, 2.05) is 0 Å². The first-order chi connectivity index (χ1) is 9.90. The number of aliphatic hydroxyl groups is 5. The Bertz CT molecular complexity index is 50.7. The van der Waals surface area contributed by atoms with Gasteiger partial charge >= 0.3 is 23.1 Å². The van der Waals surface area contributed by atoms with Gasteiger partial charge in [0.15, 0.2) is 0 Å². The van der Waals surface area contributed by atoms with Crippen molar-refractivity contribution in [1.29, 1.82) is 0 Å². The van der Waals surface area contributed by atoms with Gasteiger partial charge in [-0.05, 0) is 34.6 Å². The predicted molar refractivity (Wildman–Crippen MR) is 90.6 cm³/mol. The largest absolute Gasteiger partial charge is 2.00 e. The Morgan fingerprint density at radius 1 is 0.478 bits per heavy atom. The molecular weight excluding hydrogens is 397 g/mol. The van der Waals surface area contributed by atoms with Gasteiger partial charge in [-0.1, -0.05) is 13.8 Å². The van der Waals surface area contributed by atoms with Gasteiger partial charge in [-0.3, -0.25) is 0 Å². The van der Waals surface area contributed by atoms with Crippen molar-refractivity contribution in [3.63, 3.8) is 0 Å². The maximum absolute atomic E-state index is 8.93. The zero-order chi connectivity index (χ0) is 18.9. The van der Waals surface area contributed by atoms with E-state index < -0.39 is 0 Å². The van der Waals surface area contributed by atoms with Crippen LogP contribution in [0, 0.1) is 0 Å². The van der Waals surface area contributed by atoms with Crippen molar-refractivity contribution >= 4 is 23.1 Å². The fraction of sp³-hybridized carbons (Fsp3) is 1.00. The van der Waals surface area contributed by atoms with Crippen LogP contribution < -0.4 is 10.2 Å². The molecular formula is C14H40MgNbO7. The normalized spacial score (nSPS) is 5.48. The van der Waals surface area contributed by atoms with Crippen LogP contribution in [0.2, 0.25) is 0 Å². The Morgan fingerprint density at radius 2 is 0.478 bits per heavy atom. The molecule has 0 bridgehead atoms. The van der Waals surface area contributed by atoms with Gasteiger partial charge < -0.3 is 35.7 Å². The summed E-state index contributed by atoms with van der Waals surface area (Å²) in [5, 5.41) is 55.7. The van der Waals surface area contributed by atoms with Crippen molar-refractivity contribution in [1.82, 2.24) is 0 Å². The second-order valence-electron chi connectivity index (χ2n) is 2.16. The molecule has 1 radical (unpaired) electrons. The van der Waals surface area contributed by atoms with Crippen molar-refractivity contribution in [2.45, 2.75) is 48.5 Å². The van der Waals surface area contributed by atoms with Gasteiger partial charge in [0.05, 0.1) is 0 Å². The molecule has 0 atom stereocenters. The second kappa shape index (κ2) is 170. The van der Waals surface area contributed by atoms with Crippen molar-refractivity contribution in [2.24, 2.45) is 0 Å². The van der Waals surface area contributed by atoms with Gasteiger partial charge in [0.2, 0.25) is 0 Å². The molecule has 9 heteroatoms. The molecule has 0 aliphatic carbocycles. The van der Waals surface area contributed by atoms with Crippen LogP contribution in [0.15, 0.2) is 0 Å². The Hall–Kier alpha value is 1.23. The van der Waals surface area contributed by atoms with Crippen molar-refractivity contribution in [3.05, 3.63) is 0 Å². The third-order valence-corrected chi connectivity index (χ3v) is 0. The van der Waals surface area contributed by atoms with E-state index in [9.17, 15) is 0 Å². The van der Waals surface area contributed by atoms with Gasteiger partial charge in [0, 0.05) is 55.4 Å². The van der Waals surface area contributed by atoms with Crippen molar-refractivity contribution in [2.75, 3.05) is 46.2 Å². The Kier molecular flexibility index (Phi) is 416. The van der Waals surface area contributed by atoms with E-state index in [1.165, 1.54) is 0 Å². The summed E-state index contributed by atoms with van der Waals surface area (Å²) in [4.78, 5) is 0. The molecule has 0 fully saturated rings. The average Bonchev–Trinajstić information content (AvgIpc) is 2.35. The van der Waals surface area contributed by atoms with Crippen LogP contribution in [0.1, 0.15) is 48.5 Å². The number of hydrogen-bond donors (Lipinski definition) is 5. The van der Waals surface area contributed by atoms with Crippen LogP contribution in [0.4, 0.5) is 0 Å². The molecule has 0 amide bonds. The van der Waals surface area contributed by atoms with Gasteiger partial charge in [0.1, 0.15) is 0 Å².